The number of carbonyl (C=O) groups is 1. The Morgan fingerprint density at radius 3 is 2.50 bits per heavy atom. The molecule has 1 fully saturated rings. The van der Waals surface area contributed by atoms with Gasteiger partial charge in [0.1, 0.15) is 0 Å². The Bertz CT molecular complexity index is 345. The summed E-state index contributed by atoms with van der Waals surface area (Å²) in [6.45, 7) is 2.60. The number of carboxylic acids is 1. The molecule has 1 aliphatic heterocycles. The van der Waals surface area contributed by atoms with Gasteiger partial charge in [0.05, 0.1) is 5.92 Å². The Balaban J connectivity index is 2.16. The third-order valence-electron chi connectivity index (χ3n) is 2.71. The van der Waals surface area contributed by atoms with Crippen LogP contribution in [0.3, 0.4) is 0 Å². The van der Waals surface area contributed by atoms with Crippen LogP contribution in [-0.2, 0) is 4.79 Å². The molecular formula is C11H13NO2. The monoisotopic (exact) mass is 191 g/mol. The van der Waals surface area contributed by atoms with Crippen molar-refractivity contribution in [1.29, 1.82) is 0 Å². The predicted molar refractivity (Wildman–Crippen MR) is 53.0 cm³/mol. The molecule has 2 unspecified atom stereocenters. The van der Waals surface area contributed by atoms with Gasteiger partial charge in [0.25, 0.3) is 0 Å². The lowest BCUT2D eigenvalue weighted by Crippen LogP contribution is -2.49. The lowest BCUT2D eigenvalue weighted by molar-refractivity contribution is -0.145. The van der Waals surface area contributed by atoms with Gasteiger partial charge in [-0.2, -0.15) is 0 Å². The number of aryl methyl sites for hydroxylation is 1. The van der Waals surface area contributed by atoms with Crippen LogP contribution in [0.15, 0.2) is 24.3 Å². The maximum absolute atomic E-state index is 10.8. The molecule has 0 saturated carbocycles. The number of nitrogens with one attached hydrogen (secondary N) is 1. The van der Waals surface area contributed by atoms with Gasteiger partial charge in [-0.1, -0.05) is 29.8 Å². The minimum Gasteiger partial charge on any atom is -0.481 e. The van der Waals surface area contributed by atoms with E-state index < -0.39 is 5.97 Å². The number of hydrogen-bond acceptors (Lipinski definition) is 2. The highest BCUT2D eigenvalue weighted by Gasteiger charge is 2.36. The van der Waals surface area contributed by atoms with Crippen molar-refractivity contribution >= 4 is 5.97 Å². The molecule has 14 heavy (non-hydrogen) atoms. The fourth-order valence-corrected chi connectivity index (χ4v) is 1.71. The molecule has 0 bridgehead atoms. The van der Waals surface area contributed by atoms with E-state index in [9.17, 15) is 4.79 Å². The Labute approximate surface area is 82.8 Å². The highest BCUT2D eigenvalue weighted by Crippen LogP contribution is 2.29. The van der Waals surface area contributed by atoms with Crippen LogP contribution in [0.5, 0.6) is 0 Å². The molecule has 0 amide bonds. The van der Waals surface area contributed by atoms with E-state index in [0.717, 1.165) is 5.56 Å². The van der Waals surface area contributed by atoms with Gasteiger partial charge in [-0.25, -0.2) is 0 Å². The summed E-state index contributed by atoms with van der Waals surface area (Å²) in [5.74, 6) is -0.980. The van der Waals surface area contributed by atoms with E-state index in [0.29, 0.717) is 6.54 Å². The van der Waals surface area contributed by atoms with Crippen molar-refractivity contribution < 1.29 is 9.90 Å². The van der Waals surface area contributed by atoms with E-state index >= 15 is 0 Å². The first-order valence-electron chi connectivity index (χ1n) is 4.71. The van der Waals surface area contributed by atoms with Crippen LogP contribution >= 0.6 is 0 Å². The van der Waals surface area contributed by atoms with Crippen molar-refractivity contribution in [2.75, 3.05) is 6.54 Å². The maximum atomic E-state index is 10.8. The summed E-state index contributed by atoms with van der Waals surface area (Å²) in [4.78, 5) is 10.8. The van der Waals surface area contributed by atoms with Crippen LogP contribution in [0.1, 0.15) is 17.2 Å². The molecule has 3 heteroatoms. The SMILES string of the molecule is Cc1ccc(C2NCC2C(=O)O)cc1. The van der Waals surface area contributed by atoms with Crippen molar-refractivity contribution in [2.24, 2.45) is 5.92 Å². The zero-order chi connectivity index (χ0) is 10.1. The molecule has 1 aromatic rings. The number of carboxylic acid groups (broad SMARTS) is 1. The van der Waals surface area contributed by atoms with Gasteiger partial charge in [0.2, 0.25) is 0 Å². The van der Waals surface area contributed by atoms with Crippen molar-refractivity contribution in [2.45, 2.75) is 13.0 Å². The average molecular weight is 191 g/mol. The van der Waals surface area contributed by atoms with Crippen LogP contribution in [0.4, 0.5) is 0 Å². The zero-order valence-electron chi connectivity index (χ0n) is 8.03. The fourth-order valence-electron chi connectivity index (χ4n) is 1.71. The van der Waals surface area contributed by atoms with Gasteiger partial charge >= 0.3 is 5.97 Å². The van der Waals surface area contributed by atoms with Crippen LogP contribution in [-0.4, -0.2) is 17.6 Å². The second kappa shape index (κ2) is 3.42. The first kappa shape index (κ1) is 9.21. The van der Waals surface area contributed by atoms with Crippen LogP contribution in [0.2, 0.25) is 0 Å². The molecule has 2 atom stereocenters. The van der Waals surface area contributed by atoms with E-state index in [4.69, 9.17) is 5.11 Å². The van der Waals surface area contributed by atoms with Gasteiger partial charge in [-0.05, 0) is 12.5 Å². The van der Waals surface area contributed by atoms with Crippen molar-refractivity contribution in [3.05, 3.63) is 35.4 Å². The van der Waals surface area contributed by atoms with Crippen LogP contribution in [0, 0.1) is 12.8 Å². The second-order valence-electron chi connectivity index (χ2n) is 3.74. The summed E-state index contributed by atoms with van der Waals surface area (Å²) >= 11 is 0. The van der Waals surface area contributed by atoms with Crippen molar-refractivity contribution in [3.63, 3.8) is 0 Å². The number of hydrogen-bond donors (Lipinski definition) is 2. The molecule has 0 aromatic heterocycles. The highest BCUT2D eigenvalue weighted by molar-refractivity contribution is 5.73. The number of rotatable bonds is 2. The van der Waals surface area contributed by atoms with E-state index in [1.807, 2.05) is 31.2 Å². The topological polar surface area (TPSA) is 49.3 Å². The van der Waals surface area contributed by atoms with Gasteiger partial charge < -0.3 is 10.4 Å². The molecule has 3 nitrogen and oxygen atoms in total. The Morgan fingerprint density at radius 1 is 1.43 bits per heavy atom. The van der Waals surface area contributed by atoms with E-state index in [2.05, 4.69) is 5.32 Å². The Morgan fingerprint density at radius 2 is 2.07 bits per heavy atom. The normalized spacial score (nSPS) is 25.5. The van der Waals surface area contributed by atoms with Gasteiger partial charge in [0, 0.05) is 12.6 Å². The van der Waals surface area contributed by atoms with Crippen molar-refractivity contribution in [1.82, 2.24) is 5.32 Å². The summed E-state index contributed by atoms with van der Waals surface area (Å²) in [6.07, 6.45) is 0. The minimum absolute atomic E-state index is 0.00639. The summed E-state index contributed by atoms with van der Waals surface area (Å²) in [6, 6.07) is 7.99. The molecule has 1 heterocycles. The smallest absolute Gasteiger partial charge is 0.309 e. The quantitative estimate of drug-likeness (QED) is 0.741. The zero-order valence-corrected chi connectivity index (χ0v) is 8.03. The number of aliphatic carboxylic acids is 1. The third-order valence-corrected chi connectivity index (χ3v) is 2.71. The molecule has 1 aliphatic rings. The Hall–Kier alpha value is -1.35. The predicted octanol–water partition coefficient (Wildman–Crippen LogP) is 1.34. The Kier molecular flexibility index (Phi) is 2.25. The van der Waals surface area contributed by atoms with E-state index in [1.165, 1.54) is 5.56 Å². The van der Waals surface area contributed by atoms with Crippen LogP contribution < -0.4 is 5.32 Å². The molecule has 0 spiro atoms. The molecule has 2 rings (SSSR count). The van der Waals surface area contributed by atoms with Gasteiger partial charge in [0.15, 0.2) is 0 Å². The second-order valence-corrected chi connectivity index (χ2v) is 3.74. The fraction of sp³-hybridized carbons (Fsp3) is 0.364. The molecule has 1 saturated heterocycles. The molecule has 1 aromatic carbocycles. The summed E-state index contributed by atoms with van der Waals surface area (Å²) in [7, 11) is 0. The highest BCUT2D eigenvalue weighted by atomic mass is 16.4. The lowest BCUT2D eigenvalue weighted by Gasteiger charge is -2.35. The summed E-state index contributed by atoms with van der Waals surface area (Å²) in [5, 5.41) is 12.0. The summed E-state index contributed by atoms with van der Waals surface area (Å²) in [5.41, 5.74) is 2.26. The first-order valence-corrected chi connectivity index (χ1v) is 4.71. The average Bonchev–Trinajstić information content (AvgIpc) is 2.05. The van der Waals surface area contributed by atoms with Gasteiger partial charge in [-0.3, -0.25) is 4.79 Å². The first-order chi connectivity index (χ1) is 6.68. The van der Waals surface area contributed by atoms with Crippen molar-refractivity contribution in [3.8, 4) is 0 Å². The molecule has 0 aliphatic carbocycles. The third kappa shape index (κ3) is 1.51. The molecule has 74 valence electrons. The van der Waals surface area contributed by atoms with Crippen LogP contribution in [0.25, 0.3) is 0 Å². The number of benzene rings is 1. The summed E-state index contributed by atoms with van der Waals surface area (Å²) < 4.78 is 0. The molecular weight excluding hydrogens is 178 g/mol. The maximum Gasteiger partial charge on any atom is 0.309 e. The molecule has 2 N–H and O–H groups in total. The largest absolute Gasteiger partial charge is 0.481 e. The standard InChI is InChI=1S/C11H13NO2/c1-7-2-4-8(5-3-7)10-9(6-12-10)11(13)14/h2-5,9-10,12H,6H2,1H3,(H,13,14). The minimum atomic E-state index is -0.714. The van der Waals surface area contributed by atoms with Gasteiger partial charge in [-0.15, -0.1) is 0 Å². The van der Waals surface area contributed by atoms with E-state index in [-0.39, 0.29) is 12.0 Å². The molecule has 0 radical (unpaired) electrons. The van der Waals surface area contributed by atoms with E-state index in [1.54, 1.807) is 0 Å². The lowest BCUT2D eigenvalue weighted by atomic mass is 9.86.